The number of hydrazone groups is 1. The highest BCUT2D eigenvalue weighted by atomic mass is 16.2. The predicted molar refractivity (Wildman–Crippen MR) is 112 cm³/mol. The Bertz CT molecular complexity index is 968. The first-order valence-corrected chi connectivity index (χ1v) is 9.54. The minimum absolute atomic E-state index is 0.141. The van der Waals surface area contributed by atoms with Crippen molar-refractivity contribution in [1.82, 2.24) is 10.6 Å². The molecule has 2 aromatic rings. The van der Waals surface area contributed by atoms with E-state index in [2.05, 4.69) is 15.7 Å². The highest BCUT2D eigenvalue weighted by Crippen LogP contribution is 2.21. The zero-order chi connectivity index (χ0) is 20.8. The Labute approximate surface area is 169 Å². The number of hydrogen-bond donors (Lipinski definition) is 2. The van der Waals surface area contributed by atoms with Crippen LogP contribution in [0.3, 0.4) is 0 Å². The van der Waals surface area contributed by atoms with Crippen LogP contribution in [-0.4, -0.2) is 36.5 Å². The second kappa shape index (κ2) is 9.14. The average Bonchev–Trinajstić information content (AvgIpc) is 2.71. The summed E-state index contributed by atoms with van der Waals surface area (Å²) in [5, 5.41) is 11.0. The van der Waals surface area contributed by atoms with Crippen molar-refractivity contribution in [3.05, 3.63) is 65.2 Å². The molecule has 0 saturated heterocycles. The number of anilines is 1. The Morgan fingerprint density at radius 3 is 2.28 bits per heavy atom. The number of hydrogen-bond acceptors (Lipinski definition) is 4. The molecule has 1 heterocycles. The van der Waals surface area contributed by atoms with E-state index in [-0.39, 0.29) is 30.7 Å². The first-order valence-electron chi connectivity index (χ1n) is 9.54. The molecule has 2 N–H and O–H groups in total. The Balaban J connectivity index is 1.54. The molecular formula is C22H24N4O3. The number of amides is 3. The summed E-state index contributed by atoms with van der Waals surface area (Å²) >= 11 is 0. The number of nitrogens with one attached hydrogen (secondary N) is 2. The number of aryl methyl sites for hydroxylation is 2. The fourth-order valence-electron chi connectivity index (χ4n) is 3.02. The maximum Gasteiger partial charge on any atom is 0.267 e. The van der Waals surface area contributed by atoms with Crippen LogP contribution in [0, 0.1) is 13.8 Å². The lowest BCUT2D eigenvalue weighted by Gasteiger charge is -2.23. The summed E-state index contributed by atoms with van der Waals surface area (Å²) in [5.74, 6) is -0.660. The van der Waals surface area contributed by atoms with Crippen LogP contribution < -0.4 is 15.6 Å². The molecule has 0 atom stereocenters. The third-order valence-corrected chi connectivity index (χ3v) is 4.52. The molecule has 0 unspecified atom stereocenters. The van der Waals surface area contributed by atoms with Crippen molar-refractivity contribution in [2.45, 2.75) is 26.7 Å². The van der Waals surface area contributed by atoms with E-state index in [1.807, 2.05) is 50.2 Å². The van der Waals surface area contributed by atoms with Crippen LogP contribution in [0.2, 0.25) is 0 Å². The molecule has 150 valence electrons. The van der Waals surface area contributed by atoms with E-state index in [1.54, 1.807) is 12.1 Å². The zero-order valence-electron chi connectivity index (χ0n) is 16.6. The number of nitrogens with zero attached hydrogens (tertiary/aromatic N) is 2. The third kappa shape index (κ3) is 5.28. The van der Waals surface area contributed by atoms with Gasteiger partial charge in [0, 0.05) is 31.5 Å². The lowest BCUT2D eigenvalue weighted by atomic mass is 10.1. The van der Waals surface area contributed by atoms with Gasteiger partial charge in [0.05, 0.1) is 5.69 Å². The molecule has 0 aliphatic carbocycles. The molecule has 2 aromatic carbocycles. The molecule has 0 fully saturated rings. The van der Waals surface area contributed by atoms with Crippen LogP contribution >= 0.6 is 0 Å². The maximum atomic E-state index is 12.4. The average molecular weight is 392 g/mol. The van der Waals surface area contributed by atoms with Gasteiger partial charge < -0.3 is 10.6 Å². The molecule has 3 rings (SSSR count). The normalized spacial score (nSPS) is 13.7. The monoisotopic (exact) mass is 392 g/mol. The molecule has 0 aromatic heterocycles. The van der Waals surface area contributed by atoms with Gasteiger partial charge in [-0.3, -0.25) is 14.4 Å². The van der Waals surface area contributed by atoms with Crippen molar-refractivity contribution >= 4 is 29.1 Å². The van der Waals surface area contributed by atoms with E-state index in [9.17, 15) is 14.4 Å². The Morgan fingerprint density at radius 1 is 0.931 bits per heavy atom. The fourth-order valence-corrected chi connectivity index (χ4v) is 3.02. The minimum atomic E-state index is -0.333. The van der Waals surface area contributed by atoms with Gasteiger partial charge in [0.15, 0.2) is 0 Å². The molecule has 3 amide bonds. The molecule has 7 nitrogen and oxygen atoms in total. The Morgan fingerprint density at radius 2 is 1.59 bits per heavy atom. The quantitative estimate of drug-likeness (QED) is 0.739. The largest absolute Gasteiger partial charge is 0.350 e. The third-order valence-electron chi connectivity index (χ3n) is 4.52. The molecule has 1 aliphatic rings. The van der Waals surface area contributed by atoms with Crippen LogP contribution in [0.5, 0.6) is 0 Å². The van der Waals surface area contributed by atoms with Crippen LogP contribution in [0.25, 0.3) is 0 Å². The summed E-state index contributed by atoms with van der Waals surface area (Å²) in [5.41, 5.74) is 3.54. The summed E-state index contributed by atoms with van der Waals surface area (Å²) < 4.78 is 0. The van der Waals surface area contributed by atoms with Gasteiger partial charge in [-0.1, -0.05) is 29.8 Å². The summed E-state index contributed by atoms with van der Waals surface area (Å²) in [6.45, 7) is 4.42. The number of carbonyl (C=O) groups excluding carboxylic acids is 3. The fraction of sp³-hybridized carbons (Fsp3) is 0.273. The van der Waals surface area contributed by atoms with Gasteiger partial charge in [0.1, 0.15) is 5.71 Å². The molecular weight excluding hydrogens is 368 g/mol. The Kier molecular flexibility index (Phi) is 6.39. The highest BCUT2D eigenvalue weighted by Gasteiger charge is 2.25. The van der Waals surface area contributed by atoms with E-state index >= 15 is 0 Å². The second-order valence-corrected chi connectivity index (χ2v) is 6.97. The molecule has 0 saturated carbocycles. The first kappa shape index (κ1) is 20.3. The lowest BCUT2D eigenvalue weighted by molar-refractivity contribution is -0.118. The second-order valence-electron chi connectivity index (χ2n) is 6.97. The van der Waals surface area contributed by atoms with E-state index in [0.717, 1.165) is 11.1 Å². The van der Waals surface area contributed by atoms with Crippen molar-refractivity contribution in [1.29, 1.82) is 0 Å². The lowest BCUT2D eigenvalue weighted by Crippen LogP contribution is -2.41. The summed E-state index contributed by atoms with van der Waals surface area (Å²) in [7, 11) is 0. The molecule has 7 heteroatoms. The highest BCUT2D eigenvalue weighted by molar-refractivity contribution is 6.40. The Hall–Kier alpha value is -3.48. The smallest absolute Gasteiger partial charge is 0.267 e. The topological polar surface area (TPSA) is 90.9 Å². The van der Waals surface area contributed by atoms with Crippen LogP contribution in [-0.2, 0) is 9.59 Å². The number of benzene rings is 2. The van der Waals surface area contributed by atoms with Crippen LogP contribution in [0.4, 0.5) is 5.69 Å². The molecule has 0 spiro atoms. The molecule has 1 aliphatic heterocycles. The van der Waals surface area contributed by atoms with Crippen molar-refractivity contribution in [2.24, 2.45) is 5.10 Å². The predicted octanol–water partition coefficient (Wildman–Crippen LogP) is 2.33. The van der Waals surface area contributed by atoms with Gasteiger partial charge >= 0.3 is 0 Å². The van der Waals surface area contributed by atoms with Crippen molar-refractivity contribution in [2.75, 3.05) is 18.1 Å². The number of rotatable bonds is 6. The maximum absolute atomic E-state index is 12.4. The van der Waals surface area contributed by atoms with Crippen LogP contribution in [0.1, 0.15) is 34.3 Å². The first-order chi connectivity index (χ1) is 13.9. The van der Waals surface area contributed by atoms with Crippen molar-refractivity contribution in [3.63, 3.8) is 0 Å². The summed E-state index contributed by atoms with van der Waals surface area (Å²) in [4.78, 5) is 36.7. The van der Waals surface area contributed by atoms with Crippen LogP contribution in [0.15, 0.2) is 53.6 Å². The van der Waals surface area contributed by atoms with Gasteiger partial charge in [-0.05, 0) is 43.7 Å². The van der Waals surface area contributed by atoms with Gasteiger partial charge in [-0.25, -0.2) is 5.01 Å². The van der Waals surface area contributed by atoms with E-state index in [0.29, 0.717) is 29.9 Å². The van der Waals surface area contributed by atoms with Gasteiger partial charge in [0.2, 0.25) is 5.91 Å². The van der Waals surface area contributed by atoms with E-state index < -0.39 is 0 Å². The summed E-state index contributed by atoms with van der Waals surface area (Å²) in [6, 6.07) is 14.7. The minimum Gasteiger partial charge on any atom is -0.350 e. The number of carbonyl (C=O) groups is 3. The molecule has 0 radical (unpaired) electrons. The SMILES string of the molecule is Cc1cccc(C(=O)NCCNC(=O)C2=NN(c3cccc(C)c3)C(=O)CC2)c1. The zero-order valence-corrected chi connectivity index (χ0v) is 16.6. The van der Waals surface area contributed by atoms with E-state index in [4.69, 9.17) is 0 Å². The molecule has 29 heavy (non-hydrogen) atoms. The standard InChI is InChI=1S/C22H24N4O3/c1-15-5-3-7-17(13-15)21(28)23-11-12-24-22(29)19-9-10-20(27)26(25-19)18-8-4-6-16(2)14-18/h3-8,13-14H,9-12H2,1-2H3,(H,23,28)(H,24,29). The van der Waals surface area contributed by atoms with Gasteiger partial charge in [-0.2, -0.15) is 5.10 Å². The van der Waals surface area contributed by atoms with Crippen molar-refractivity contribution in [3.8, 4) is 0 Å². The van der Waals surface area contributed by atoms with Gasteiger partial charge in [-0.15, -0.1) is 0 Å². The van der Waals surface area contributed by atoms with Gasteiger partial charge in [0.25, 0.3) is 11.8 Å². The van der Waals surface area contributed by atoms with E-state index in [1.165, 1.54) is 5.01 Å². The van der Waals surface area contributed by atoms with Crippen molar-refractivity contribution < 1.29 is 14.4 Å². The summed E-state index contributed by atoms with van der Waals surface area (Å²) in [6.07, 6.45) is 0.521. The molecule has 0 bridgehead atoms.